The van der Waals surface area contributed by atoms with Crippen LogP contribution in [-0.4, -0.2) is 10.2 Å². The van der Waals surface area contributed by atoms with Gasteiger partial charge in [-0.05, 0) is 36.4 Å². The number of nitrogens with zero attached hydrogens (tertiary/aromatic N) is 2. The van der Waals surface area contributed by atoms with Crippen LogP contribution in [0.3, 0.4) is 0 Å². The Morgan fingerprint density at radius 3 is 2.28 bits per heavy atom. The number of aromatic nitrogens is 2. The quantitative estimate of drug-likeness (QED) is 0.720. The molecule has 2 aromatic carbocycles. The molecular formula is C17H14F3N3O2. The highest BCUT2D eigenvalue weighted by Gasteiger charge is 2.29. The highest BCUT2D eigenvalue weighted by Crippen LogP contribution is 2.29. The van der Waals surface area contributed by atoms with E-state index in [0.717, 1.165) is 12.1 Å². The molecule has 0 bridgehead atoms. The number of para-hydroxylation sites is 1. The third-order valence-electron chi connectivity index (χ3n) is 3.27. The van der Waals surface area contributed by atoms with Gasteiger partial charge in [0.1, 0.15) is 5.75 Å². The van der Waals surface area contributed by atoms with Crippen LogP contribution in [0.1, 0.15) is 17.3 Å². The minimum absolute atomic E-state index is 0.136. The lowest BCUT2D eigenvalue weighted by molar-refractivity contribution is -0.137. The van der Waals surface area contributed by atoms with Crippen molar-refractivity contribution in [2.75, 3.05) is 5.32 Å². The van der Waals surface area contributed by atoms with Crippen LogP contribution in [0, 0.1) is 0 Å². The van der Waals surface area contributed by atoms with Crippen molar-refractivity contribution in [1.82, 2.24) is 10.2 Å². The molecule has 3 aromatic rings. The molecule has 0 atom stereocenters. The Labute approximate surface area is 141 Å². The molecule has 0 fully saturated rings. The third-order valence-corrected chi connectivity index (χ3v) is 3.27. The van der Waals surface area contributed by atoms with Gasteiger partial charge in [0, 0.05) is 5.69 Å². The maximum Gasteiger partial charge on any atom is 0.416 e. The number of anilines is 1. The first-order chi connectivity index (χ1) is 12.0. The minimum Gasteiger partial charge on any atom is -0.484 e. The van der Waals surface area contributed by atoms with Gasteiger partial charge in [-0.15, -0.1) is 10.2 Å². The van der Waals surface area contributed by atoms with Crippen molar-refractivity contribution < 1.29 is 22.3 Å². The molecule has 0 aliphatic heterocycles. The largest absolute Gasteiger partial charge is 0.484 e. The predicted molar refractivity (Wildman–Crippen MR) is 83.8 cm³/mol. The Balaban J connectivity index is 1.51. The van der Waals surface area contributed by atoms with Crippen LogP contribution in [-0.2, 0) is 19.3 Å². The average Bonchev–Trinajstić information content (AvgIpc) is 3.07. The number of hydrogen-bond acceptors (Lipinski definition) is 5. The van der Waals surface area contributed by atoms with Crippen LogP contribution in [0.5, 0.6) is 5.75 Å². The normalized spacial score (nSPS) is 11.3. The lowest BCUT2D eigenvalue weighted by Crippen LogP contribution is -2.05. The van der Waals surface area contributed by atoms with Crippen LogP contribution in [0.2, 0.25) is 0 Å². The Bertz CT molecular complexity index is 802. The van der Waals surface area contributed by atoms with Crippen LogP contribution < -0.4 is 10.1 Å². The van der Waals surface area contributed by atoms with Gasteiger partial charge in [-0.1, -0.05) is 18.2 Å². The molecule has 25 heavy (non-hydrogen) atoms. The molecule has 0 saturated heterocycles. The highest BCUT2D eigenvalue weighted by atomic mass is 19.4. The fourth-order valence-electron chi connectivity index (χ4n) is 2.03. The van der Waals surface area contributed by atoms with E-state index in [0.29, 0.717) is 23.2 Å². The molecule has 0 unspecified atom stereocenters. The average molecular weight is 349 g/mol. The van der Waals surface area contributed by atoms with Gasteiger partial charge in [0.05, 0.1) is 12.1 Å². The Kier molecular flexibility index (Phi) is 4.87. The summed E-state index contributed by atoms with van der Waals surface area (Å²) >= 11 is 0. The number of alkyl halides is 3. The van der Waals surface area contributed by atoms with Crippen molar-refractivity contribution in [2.24, 2.45) is 0 Å². The monoisotopic (exact) mass is 349 g/mol. The number of nitrogens with one attached hydrogen (secondary N) is 1. The second-order valence-corrected chi connectivity index (χ2v) is 5.12. The summed E-state index contributed by atoms with van der Waals surface area (Å²) in [6.45, 7) is 0.334. The Morgan fingerprint density at radius 2 is 1.60 bits per heavy atom. The molecule has 1 N–H and O–H groups in total. The van der Waals surface area contributed by atoms with E-state index < -0.39 is 11.7 Å². The third kappa shape index (κ3) is 4.72. The second kappa shape index (κ2) is 7.25. The number of hydrogen-bond donors (Lipinski definition) is 1. The summed E-state index contributed by atoms with van der Waals surface area (Å²) in [6.07, 6.45) is -4.35. The molecule has 0 aliphatic carbocycles. The first-order valence-corrected chi connectivity index (χ1v) is 7.41. The van der Waals surface area contributed by atoms with E-state index in [4.69, 9.17) is 9.15 Å². The predicted octanol–water partition coefficient (Wildman–Crippen LogP) is 4.28. The summed E-state index contributed by atoms with van der Waals surface area (Å²) < 4.78 is 48.4. The molecule has 0 aliphatic rings. The van der Waals surface area contributed by atoms with Crippen LogP contribution in [0.25, 0.3) is 0 Å². The van der Waals surface area contributed by atoms with Gasteiger partial charge in [-0.3, -0.25) is 0 Å². The molecule has 1 heterocycles. The van der Waals surface area contributed by atoms with Crippen LogP contribution in [0.15, 0.2) is 59.0 Å². The molecule has 1 aromatic heterocycles. The van der Waals surface area contributed by atoms with Gasteiger partial charge in [-0.25, -0.2) is 0 Å². The fourth-order valence-corrected chi connectivity index (χ4v) is 2.03. The molecule has 0 radical (unpaired) electrons. The molecule has 8 heteroatoms. The zero-order chi connectivity index (χ0) is 17.7. The molecule has 130 valence electrons. The molecule has 0 amide bonds. The minimum atomic E-state index is -4.35. The Morgan fingerprint density at radius 1 is 0.920 bits per heavy atom. The van der Waals surface area contributed by atoms with Crippen LogP contribution in [0.4, 0.5) is 18.9 Å². The van der Waals surface area contributed by atoms with E-state index in [1.807, 2.05) is 30.3 Å². The summed E-state index contributed by atoms with van der Waals surface area (Å²) in [4.78, 5) is 0. The van der Waals surface area contributed by atoms with E-state index in [9.17, 15) is 13.2 Å². The van der Waals surface area contributed by atoms with E-state index in [-0.39, 0.29) is 13.2 Å². The lowest BCUT2D eigenvalue weighted by atomic mass is 10.2. The lowest BCUT2D eigenvalue weighted by Gasteiger charge is -2.08. The smallest absolute Gasteiger partial charge is 0.416 e. The zero-order valence-corrected chi connectivity index (χ0v) is 13.0. The second-order valence-electron chi connectivity index (χ2n) is 5.12. The molecule has 3 rings (SSSR count). The maximum absolute atomic E-state index is 12.5. The van der Waals surface area contributed by atoms with Crippen molar-refractivity contribution in [3.8, 4) is 5.75 Å². The van der Waals surface area contributed by atoms with Crippen molar-refractivity contribution in [1.29, 1.82) is 0 Å². The number of halogens is 3. The van der Waals surface area contributed by atoms with E-state index >= 15 is 0 Å². The first-order valence-electron chi connectivity index (χ1n) is 7.41. The zero-order valence-electron chi connectivity index (χ0n) is 13.0. The topological polar surface area (TPSA) is 60.2 Å². The van der Waals surface area contributed by atoms with Crippen molar-refractivity contribution in [3.05, 3.63) is 71.9 Å². The van der Waals surface area contributed by atoms with Crippen molar-refractivity contribution >= 4 is 5.69 Å². The summed E-state index contributed by atoms with van der Waals surface area (Å²) in [5.74, 6) is 1.31. The molecule has 0 spiro atoms. The first kappa shape index (κ1) is 16.8. The summed E-state index contributed by atoms with van der Waals surface area (Å²) in [6, 6.07) is 13.9. The molecule has 5 nitrogen and oxygen atoms in total. The number of ether oxygens (including phenoxy) is 1. The van der Waals surface area contributed by atoms with Gasteiger partial charge in [0.25, 0.3) is 5.89 Å². The maximum atomic E-state index is 12.5. The van der Waals surface area contributed by atoms with E-state index in [2.05, 4.69) is 15.5 Å². The van der Waals surface area contributed by atoms with Crippen molar-refractivity contribution in [3.63, 3.8) is 0 Å². The van der Waals surface area contributed by atoms with Crippen LogP contribution >= 0.6 is 0 Å². The highest BCUT2D eigenvalue weighted by molar-refractivity contribution is 5.45. The Hall–Kier alpha value is -3.03. The van der Waals surface area contributed by atoms with E-state index in [1.54, 1.807) is 0 Å². The van der Waals surface area contributed by atoms with Gasteiger partial charge in [0.2, 0.25) is 5.89 Å². The van der Waals surface area contributed by atoms with Gasteiger partial charge >= 0.3 is 6.18 Å². The molecular weight excluding hydrogens is 335 g/mol. The molecule has 0 saturated carbocycles. The van der Waals surface area contributed by atoms with Crippen molar-refractivity contribution in [2.45, 2.75) is 19.3 Å². The summed E-state index contributed by atoms with van der Waals surface area (Å²) in [5.41, 5.74) is -0.176. The standard InChI is InChI=1S/C17H14F3N3O2/c18-17(19,20)12-6-8-13(9-7-12)21-10-15-22-23-16(25-15)11-24-14-4-2-1-3-5-14/h1-9,21H,10-11H2. The SMILES string of the molecule is FC(F)(F)c1ccc(NCc2nnc(COc3ccccc3)o2)cc1. The fraction of sp³-hybridized carbons (Fsp3) is 0.176. The van der Waals surface area contributed by atoms with E-state index in [1.165, 1.54) is 12.1 Å². The van der Waals surface area contributed by atoms with Gasteiger partial charge < -0.3 is 14.5 Å². The number of benzene rings is 2. The number of rotatable bonds is 6. The summed E-state index contributed by atoms with van der Waals surface area (Å²) in [7, 11) is 0. The van der Waals surface area contributed by atoms with Gasteiger partial charge in [0.15, 0.2) is 6.61 Å². The van der Waals surface area contributed by atoms with Gasteiger partial charge in [-0.2, -0.15) is 13.2 Å². The summed E-state index contributed by atoms with van der Waals surface area (Å²) in [5, 5.41) is 10.6.